The van der Waals surface area contributed by atoms with E-state index in [9.17, 15) is 9.59 Å². The van der Waals surface area contributed by atoms with Gasteiger partial charge in [-0.2, -0.15) is 0 Å². The van der Waals surface area contributed by atoms with Crippen LogP contribution in [-0.4, -0.2) is 36.5 Å². The number of anilines is 1. The number of benzene rings is 2. The van der Waals surface area contributed by atoms with Gasteiger partial charge in [-0.05, 0) is 24.1 Å². The molecule has 0 unspecified atom stereocenters. The Kier molecular flexibility index (Phi) is 4.79. The van der Waals surface area contributed by atoms with Crippen molar-refractivity contribution in [2.24, 2.45) is 0 Å². The lowest BCUT2D eigenvalue weighted by Crippen LogP contribution is -2.46. The van der Waals surface area contributed by atoms with Gasteiger partial charge in [0.05, 0.1) is 0 Å². The molecule has 1 heterocycles. The second kappa shape index (κ2) is 7.17. The lowest BCUT2D eigenvalue weighted by molar-refractivity contribution is -0.118. The standard InChI is InChI=1S/C19H21N3O2/c1-21(14-15-8-4-2-5-9-15)19(24)20-17-12-13-22(18(17)23)16-10-6-3-7-11-16/h2-11,17H,12-14H2,1H3,(H,20,24)/t17-/m0/s1. The first-order valence-electron chi connectivity index (χ1n) is 8.07. The molecule has 0 aromatic heterocycles. The van der Waals surface area contributed by atoms with Crippen LogP contribution in [0, 0.1) is 0 Å². The van der Waals surface area contributed by atoms with Gasteiger partial charge in [0, 0.05) is 25.8 Å². The highest BCUT2D eigenvalue weighted by atomic mass is 16.2. The largest absolute Gasteiger partial charge is 0.326 e. The summed E-state index contributed by atoms with van der Waals surface area (Å²) in [5.41, 5.74) is 1.93. The van der Waals surface area contributed by atoms with E-state index >= 15 is 0 Å². The predicted molar refractivity (Wildman–Crippen MR) is 93.6 cm³/mol. The van der Waals surface area contributed by atoms with E-state index < -0.39 is 6.04 Å². The van der Waals surface area contributed by atoms with Crippen molar-refractivity contribution in [3.8, 4) is 0 Å². The number of para-hydroxylation sites is 1. The molecule has 5 heteroatoms. The molecule has 0 saturated carbocycles. The molecule has 0 bridgehead atoms. The summed E-state index contributed by atoms with van der Waals surface area (Å²) < 4.78 is 0. The molecule has 1 saturated heterocycles. The Hall–Kier alpha value is -2.82. The van der Waals surface area contributed by atoms with Gasteiger partial charge in [0.1, 0.15) is 6.04 Å². The van der Waals surface area contributed by atoms with Gasteiger partial charge in [-0.25, -0.2) is 4.79 Å². The molecule has 1 aliphatic rings. The van der Waals surface area contributed by atoms with Crippen molar-refractivity contribution in [3.05, 3.63) is 66.2 Å². The Labute approximate surface area is 141 Å². The number of hydrogen-bond donors (Lipinski definition) is 1. The number of nitrogens with one attached hydrogen (secondary N) is 1. The lowest BCUT2D eigenvalue weighted by atomic mass is 10.2. The van der Waals surface area contributed by atoms with Crippen molar-refractivity contribution in [2.45, 2.75) is 19.0 Å². The summed E-state index contributed by atoms with van der Waals surface area (Å²) in [5, 5.41) is 2.84. The third-order valence-electron chi connectivity index (χ3n) is 4.18. The quantitative estimate of drug-likeness (QED) is 0.940. The molecule has 2 aromatic carbocycles. The van der Waals surface area contributed by atoms with Gasteiger partial charge in [-0.15, -0.1) is 0 Å². The monoisotopic (exact) mass is 323 g/mol. The molecule has 3 rings (SSSR count). The molecule has 1 aliphatic heterocycles. The maximum Gasteiger partial charge on any atom is 0.318 e. The van der Waals surface area contributed by atoms with Crippen molar-refractivity contribution in [1.29, 1.82) is 0 Å². The first kappa shape index (κ1) is 16.1. The van der Waals surface area contributed by atoms with Crippen molar-refractivity contribution < 1.29 is 9.59 Å². The molecular weight excluding hydrogens is 302 g/mol. The molecule has 0 radical (unpaired) electrons. The van der Waals surface area contributed by atoms with Gasteiger partial charge >= 0.3 is 6.03 Å². The minimum atomic E-state index is -0.462. The Balaban J connectivity index is 1.58. The number of carbonyl (C=O) groups excluding carboxylic acids is 2. The van der Waals surface area contributed by atoms with Crippen LogP contribution in [0.4, 0.5) is 10.5 Å². The molecule has 124 valence electrons. The normalized spacial score (nSPS) is 17.0. The Bertz CT molecular complexity index is 703. The summed E-state index contributed by atoms with van der Waals surface area (Å²) >= 11 is 0. The van der Waals surface area contributed by atoms with Crippen molar-refractivity contribution in [3.63, 3.8) is 0 Å². The zero-order valence-corrected chi connectivity index (χ0v) is 13.7. The highest BCUT2D eigenvalue weighted by molar-refractivity contribution is 6.01. The van der Waals surface area contributed by atoms with Crippen LogP contribution < -0.4 is 10.2 Å². The fourth-order valence-electron chi connectivity index (χ4n) is 2.87. The highest BCUT2D eigenvalue weighted by Gasteiger charge is 2.34. The van der Waals surface area contributed by atoms with E-state index in [0.717, 1.165) is 11.3 Å². The van der Waals surface area contributed by atoms with Crippen LogP contribution >= 0.6 is 0 Å². The Morgan fingerprint density at radius 1 is 1.12 bits per heavy atom. The Morgan fingerprint density at radius 3 is 2.42 bits per heavy atom. The first-order valence-corrected chi connectivity index (χ1v) is 8.07. The molecule has 1 fully saturated rings. The van der Waals surface area contributed by atoms with Gasteiger partial charge in [-0.1, -0.05) is 48.5 Å². The van der Waals surface area contributed by atoms with Crippen LogP contribution in [-0.2, 0) is 11.3 Å². The van der Waals surface area contributed by atoms with E-state index in [1.54, 1.807) is 16.8 Å². The minimum absolute atomic E-state index is 0.0531. The lowest BCUT2D eigenvalue weighted by Gasteiger charge is -2.21. The topological polar surface area (TPSA) is 52.7 Å². The van der Waals surface area contributed by atoms with Crippen molar-refractivity contribution in [1.82, 2.24) is 10.2 Å². The number of nitrogens with zero attached hydrogens (tertiary/aromatic N) is 2. The zero-order valence-electron chi connectivity index (χ0n) is 13.7. The Morgan fingerprint density at radius 2 is 1.75 bits per heavy atom. The van der Waals surface area contributed by atoms with Crippen molar-refractivity contribution >= 4 is 17.6 Å². The summed E-state index contributed by atoms with van der Waals surface area (Å²) in [5.74, 6) is -0.0531. The van der Waals surface area contributed by atoms with Gasteiger partial charge < -0.3 is 15.1 Å². The molecule has 1 N–H and O–H groups in total. The van der Waals surface area contributed by atoms with Crippen LogP contribution in [0.15, 0.2) is 60.7 Å². The van der Waals surface area contributed by atoms with E-state index in [4.69, 9.17) is 0 Å². The second-order valence-corrected chi connectivity index (χ2v) is 5.96. The number of urea groups is 1. The summed E-state index contributed by atoms with van der Waals surface area (Å²) in [6.45, 7) is 1.13. The fourth-order valence-corrected chi connectivity index (χ4v) is 2.87. The summed E-state index contributed by atoms with van der Waals surface area (Å²) in [7, 11) is 1.73. The third kappa shape index (κ3) is 3.56. The molecule has 5 nitrogen and oxygen atoms in total. The molecule has 0 spiro atoms. The van der Waals surface area contributed by atoms with E-state index in [0.29, 0.717) is 19.5 Å². The van der Waals surface area contributed by atoms with Crippen LogP contribution in [0.2, 0.25) is 0 Å². The van der Waals surface area contributed by atoms with Gasteiger partial charge in [-0.3, -0.25) is 4.79 Å². The zero-order chi connectivity index (χ0) is 16.9. The van der Waals surface area contributed by atoms with E-state index in [1.165, 1.54) is 0 Å². The summed E-state index contributed by atoms with van der Waals surface area (Å²) in [4.78, 5) is 28.2. The predicted octanol–water partition coefficient (Wildman–Crippen LogP) is 2.63. The average molecular weight is 323 g/mol. The van der Waals surface area contributed by atoms with E-state index in [-0.39, 0.29) is 11.9 Å². The van der Waals surface area contributed by atoms with Gasteiger partial charge in [0.2, 0.25) is 5.91 Å². The van der Waals surface area contributed by atoms with Crippen LogP contribution in [0.25, 0.3) is 0 Å². The van der Waals surface area contributed by atoms with Crippen LogP contribution in [0.1, 0.15) is 12.0 Å². The van der Waals surface area contributed by atoms with Crippen LogP contribution in [0.3, 0.4) is 0 Å². The molecule has 24 heavy (non-hydrogen) atoms. The van der Waals surface area contributed by atoms with E-state index in [1.807, 2.05) is 60.7 Å². The van der Waals surface area contributed by atoms with E-state index in [2.05, 4.69) is 5.32 Å². The molecule has 0 aliphatic carbocycles. The average Bonchev–Trinajstić information content (AvgIpc) is 2.97. The van der Waals surface area contributed by atoms with Gasteiger partial charge in [0.25, 0.3) is 0 Å². The summed E-state index contributed by atoms with van der Waals surface area (Å²) in [6, 6.07) is 18.6. The highest BCUT2D eigenvalue weighted by Crippen LogP contribution is 2.21. The molecule has 3 amide bonds. The smallest absolute Gasteiger partial charge is 0.318 e. The first-order chi connectivity index (χ1) is 11.6. The summed E-state index contributed by atoms with van der Waals surface area (Å²) in [6.07, 6.45) is 0.624. The number of hydrogen-bond acceptors (Lipinski definition) is 2. The third-order valence-corrected chi connectivity index (χ3v) is 4.18. The minimum Gasteiger partial charge on any atom is -0.326 e. The molecule has 2 aromatic rings. The maximum absolute atomic E-state index is 12.5. The number of amides is 3. The SMILES string of the molecule is CN(Cc1ccccc1)C(=O)N[C@H]1CCN(c2ccccc2)C1=O. The number of carbonyl (C=O) groups is 2. The van der Waals surface area contributed by atoms with Gasteiger partial charge in [0.15, 0.2) is 0 Å². The van der Waals surface area contributed by atoms with Crippen molar-refractivity contribution in [2.75, 3.05) is 18.5 Å². The number of rotatable bonds is 4. The fraction of sp³-hybridized carbons (Fsp3) is 0.263. The molecular formula is C19H21N3O2. The maximum atomic E-state index is 12.5. The van der Waals surface area contributed by atoms with Crippen LogP contribution in [0.5, 0.6) is 0 Å². The molecule has 1 atom stereocenters. The second-order valence-electron chi connectivity index (χ2n) is 5.96.